The van der Waals surface area contributed by atoms with Crippen LogP contribution in [-0.2, 0) is 11.3 Å². The first kappa shape index (κ1) is 16.9. The summed E-state index contributed by atoms with van der Waals surface area (Å²) in [6.45, 7) is 2.47. The summed E-state index contributed by atoms with van der Waals surface area (Å²) < 4.78 is 0.485. The third kappa shape index (κ3) is 4.78. The average molecular weight is 371 g/mol. The molecule has 1 aliphatic heterocycles. The number of nitro groups is 1. The number of rotatable bonds is 6. The van der Waals surface area contributed by atoms with Crippen molar-refractivity contribution in [2.24, 2.45) is 5.92 Å². The molecular formula is C15H19BrN2O4. The van der Waals surface area contributed by atoms with E-state index in [0.29, 0.717) is 23.4 Å². The summed E-state index contributed by atoms with van der Waals surface area (Å²) in [6.07, 6.45) is 3.02. The summed E-state index contributed by atoms with van der Waals surface area (Å²) in [5.74, 6) is -0.351. The number of hydrogen-bond donors (Lipinski definition) is 1. The molecule has 120 valence electrons. The van der Waals surface area contributed by atoms with E-state index < -0.39 is 5.97 Å². The van der Waals surface area contributed by atoms with Crippen molar-refractivity contribution in [3.8, 4) is 0 Å². The Balaban J connectivity index is 1.96. The minimum Gasteiger partial charge on any atom is -0.481 e. The van der Waals surface area contributed by atoms with Crippen LogP contribution in [-0.4, -0.2) is 34.0 Å². The number of halogens is 1. The minimum atomic E-state index is -0.749. The van der Waals surface area contributed by atoms with Crippen LogP contribution < -0.4 is 0 Å². The van der Waals surface area contributed by atoms with Gasteiger partial charge in [0, 0.05) is 25.6 Å². The molecule has 0 bridgehead atoms. The van der Waals surface area contributed by atoms with Gasteiger partial charge in [-0.25, -0.2) is 0 Å². The molecular weight excluding hydrogens is 352 g/mol. The van der Waals surface area contributed by atoms with Crippen molar-refractivity contribution in [1.29, 1.82) is 0 Å². The Labute approximate surface area is 137 Å². The van der Waals surface area contributed by atoms with Crippen molar-refractivity contribution in [2.75, 3.05) is 13.1 Å². The Hall–Kier alpha value is -1.47. The van der Waals surface area contributed by atoms with Gasteiger partial charge in [-0.3, -0.25) is 19.8 Å². The van der Waals surface area contributed by atoms with Gasteiger partial charge in [0.25, 0.3) is 5.69 Å². The highest BCUT2D eigenvalue weighted by atomic mass is 79.9. The van der Waals surface area contributed by atoms with Crippen LogP contribution in [0.25, 0.3) is 0 Å². The topological polar surface area (TPSA) is 83.7 Å². The maximum absolute atomic E-state index is 11.0. The molecule has 1 unspecified atom stereocenters. The fourth-order valence-corrected chi connectivity index (χ4v) is 3.30. The lowest BCUT2D eigenvalue weighted by molar-refractivity contribution is -0.385. The highest BCUT2D eigenvalue weighted by Gasteiger charge is 2.21. The van der Waals surface area contributed by atoms with Crippen LogP contribution in [0.15, 0.2) is 22.7 Å². The molecule has 6 nitrogen and oxygen atoms in total. The third-order valence-electron chi connectivity index (χ3n) is 3.98. The van der Waals surface area contributed by atoms with E-state index in [9.17, 15) is 14.9 Å². The SMILES string of the molecule is O=C(O)CCC1CCCN(Cc2ccc(Br)c([N+](=O)[O-])c2)C1. The molecule has 0 radical (unpaired) electrons. The maximum Gasteiger partial charge on any atom is 0.303 e. The predicted molar refractivity (Wildman–Crippen MR) is 85.7 cm³/mol. The van der Waals surface area contributed by atoms with Crippen LogP contribution in [0.4, 0.5) is 5.69 Å². The first-order chi connectivity index (χ1) is 10.5. The van der Waals surface area contributed by atoms with Gasteiger partial charge < -0.3 is 5.11 Å². The second kappa shape index (κ2) is 7.69. The second-order valence-corrected chi connectivity index (χ2v) is 6.57. The van der Waals surface area contributed by atoms with E-state index >= 15 is 0 Å². The second-order valence-electron chi connectivity index (χ2n) is 5.72. The zero-order chi connectivity index (χ0) is 16.1. The summed E-state index contributed by atoms with van der Waals surface area (Å²) >= 11 is 3.19. The maximum atomic E-state index is 11.0. The monoisotopic (exact) mass is 370 g/mol. The molecule has 1 fully saturated rings. The van der Waals surface area contributed by atoms with E-state index in [1.807, 2.05) is 6.07 Å². The first-order valence-electron chi connectivity index (χ1n) is 7.32. The van der Waals surface area contributed by atoms with Gasteiger partial charge in [-0.2, -0.15) is 0 Å². The van der Waals surface area contributed by atoms with Gasteiger partial charge >= 0.3 is 5.97 Å². The van der Waals surface area contributed by atoms with Gasteiger partial charge in [0.15, 0.2) is 0 Å². The van der Waals surface area contributed by atoms with E-state index in [0.717, 1.165) is 31.5 Å². The van der Waals surface area contributed by atoms with E-state index in [4.69, 9.17) is 5.11 Å². The van der Waals surface area contributed by atoms with E-state index in [2.05, 4.69) is 20.8 Å². The minimum absolute atomic E-state index is 0.0805. The number of nitrogens with zero attached hydrogens (tertiary/aromatic N) is 2. The summed E-state index contributed by atoms with van der Waals surface area (Å²) in [5.41, 5.74) is 0.991. The van der Waals surface area contributed by atoms with E-state index in [-0.39, 0.29) is 17.0 Å². The van der Waals surface area contributed by atoms with Crippen molar-refractivity contribution in [3.05, 3.63) is 38.3 Å². The molecule has 0 aliphatic carbocycles. The fraction of sp³-hybridized carbons (Fsp3) is 0.533. The predicted octanol–water partition coefficient (Wildman–Crippen LogP) is 3.43. The first-order valence-corrected chi connectivity index (χ1v) is 8.12. The Bertz CT molecular complexity index is 564. The van der Waals surface area contributed by atoms with E-state index in [1.54, 1.807) is 12.1 Å². The number of benzene rings is 1. The van der Waals surface area contributed by atoms with Gasteiger partial charge in [-0.15, -0.1) is 0 Å². The number of carbonyl (C=O) groups is 1. The average Bonchev–Trinajstić information content (AvgIpc) is 2.47. The zero-order valence-corrected chi connectivity index (χ0v) is 13.8. The number of likely N-dealkylation sites (tertiary alicyclic amines) is 1. The molecule has 1 saturated heterocycles. The summed E-state index contributed by atoms with van der Waals surface area (Å²) in [6, 6.07) is 5.20. The fourth-order valence-electron chi connectivity index (χ4n) is 2.91. The van der Waals surface area contributed by atoms with Gasteiger partial charge in [0.05, 0.1) is 9.40 Å². The molecule has 0 aromatic heterocycles. The Morgan fingerprint density at radius 3 is 2.95 bits per heavy atom. The largest absolute Gasteiger partial charge is 0.481 e. The quantitative estimate of drug-likeness (QED) is 0.612. The molecule has 1 N–H and O–H groups in total. The van der Waals surface area contributed by atoms with Crippen LogP contribution in [0, 0.1) is 16.0 Å². The van der Waals surface area contributed by atoms with Crippen LogP contribution in [0.1, 0.15) is 31.2 Å². The molecule has 0 saturated carbocycles. The summed E-state index contributed by atoms with van der Waals surface area (Å²) in [7, 11) is 0. The van der Waals surface area contributed by atoms with Crippen molar-refractivity contribution in [1.82, 2.24) is 4.90 Å². The number of nitro benzene ring substituents is 1. The Kier molecular flexibility index (Phi) is 5.90. The lowest BCUT2D eigenvalue weighted by Gasteiger charge is -2.32. The van der Waals surface area contributed by atoms with Crippen molar-refractivity contribution in [2.45, 2.75) is 32.2 Å². The molecule has 2 rings (SSSR count). The van der Waals surface area contributed by atoms with Crippen molar-refractivity contribution < 1.29 is 14.8 Å². The normalized spacial score (nSPS) is 19.0. The number of carboxylic acid groups (broad SMARTS) is 1. The van der Waals surface area contributed by atoms with E-state index in [1.165, 1.54) is 0 Å². The summed E-state index contributed by atoms with van der Waals surface area (Å²) in [5, 5.41) is 19.7. The lowest BCUT2D eigenvalue weighted by Crippen LogP contribution is -2.35. The van der Waals surface area contributed by atoms with Crippen LogP contribution in [0.2, 0.25) is 0 Å². The smallest absolute Gasteiger partial charge is 0.303 e. The van der Waals surface area contributed by atoms with Gasteiger partial charge in [0.2, 0.25) is 0 Å². The molecule has 1 heterocycles. The molecule has 7 heteroatoms. The van der Waals surface area contributed by atoms with Gasteiger partial charge in [-0.05, 0) is 59.3 Å². The molecule has 1 aromatic carbocycles. The molecule has 1 aromatic rings. The Morgan fingerprint density at radius 2 is 2.27 bits per heavy atom. The van der Waals surface area contributed by atoms with Crippen molar-refractivity contribution >= 4 is 27.6 Å². The van der Waals surface area contributed by atoms with Crippen LogP contribution in [0.5, 0.6) is 0 Å². The van der Waals surface area contributed by atoms with Gasteiger partial charge in [-0.1, -0.05) is 6.07 Å². The summed E-state index contributed by atoms with van der Waals surface area (Å²) in [4.78, 5) is 23.5. The number of hydrogen-bond acceptors (Lipinski definition) is 4. The van der Waals surface area contributed by atoms with Crippen LogP contribution in [0.3, 0.4) is 0 Å². The lowest BCUT2D eigenvalue weighted by atomic mass is 9.93. The number of piperidine rings is 1. The highest BCUT2D eigenvalue weighted by molar-refractivity contribution is 9.10. The number of aliphatic carboxylic acids is 1. The van der Waals surface area contributed by atoms with Gasteiger partial charge in [0.1, 0.15) is 0 Å². The molecule has 0 amide bonds. The molecule has 22 heavy (non-hydrogen) atoms. The third-order valence-corrected chi connectivity index (χ3v) is 4.65. The number of carboxylic acids is 1. The Morgan fingerprint density at radius 1 is 1.50 bits per heavy atom. The standard InChI is InChI=1S/C15H19BrN2O4/c16-13-5-3-12(8-14(13)18(21)22)10-17-7-1-2-11(9-17)4-6-15(19)20/h3,5,8,11H,1-2,4,6-7,9-10H2,(H,19,20). The van der Waals surface area contributed by atoms with Crippen LogP contribution >= 0.6 is 15.9 Å². The highest BCUT2D eigenvalue weighted by Crippen LogP contribution is 2.27. The molecule has 1 aliphatic rings. The molecule has 1 atom stereocenters. The molecule has 0 spiro atoms. The van der Waals surface area contributed by atoms with Crippen molar-refractivity contribution in [3.63, 3.8) is 0 Å². The zero-order valence-electron chi connectivity index (χ0n) is 12.2.